The first-order valence-corrected chi connectivity index (χ1v) is 11.1. The van der Waals surface area contributed by atoms with E-state index in [9.17, 15) is 14.3 Å². The summed E-state index contributed by atoms with van der Waals surface area (Å²) in [4.78, 5) is 12.1. The Morgan fingerprint density at radius 3 is 2.21 bits per heavy atom. The van der Waals surface area contributed by atoms with Crippen molar-refractivity contribution >= 4 is 17.1 Å². The van der Waals surface area contributed by atoms with Crippen LogP contribution >= 0.6 is 0 Å². The number of carbonyl (C=O) groups is 1. The molecule has 4 heteroatoms. The van der Waals surface area contributed by atoms with Crippen LogP contribution < -0.4 is 4.74 Å². The highest BCUT2D eigenvalue weighted by Gasteiger charge is 2.16. The van der Waals surface area contributed by atoms with Crippen molar-refractivity contribution in [2.75, 3.05) is 6.61 Å². The molecule has 3 aromatic carbocycles. The summed E-state index contributed by atoms with van der Waals surface area (Å²) in [5.74, 6) is -0.712. The normalized spacial score (nSPS) is 12.0. The SMILES string of the molecule is CC/C=C(/C=C(/C(=O)O)c1cc(F)ccc1C)c1ccc(-c2ccc(OCC)cc2)cc1C. The van der Waals surface area contributed by atoms with Crippen LogP contribution in [0.3, 0.4) is 0 Å². The molecule has 0 heterocycles. The first-order valence-electron chi connectivity index (χ1n) is 11.1. The number of rotatable bonds is 8. The van der Waals surface area contributed by atoms with E-state index in [0.717, 1.165) is 40.0 Å². The zero-order valence-electron chi connectivity index (χ0n) is 19.5. The molecule has 0 aromatic heterocycles. The molecule has 0 aliphatic rings. The molecule has 33 heavy (non-hydrogen) atoms. The minimum Gasteiger partial charge on any atom is -0.494 e. The van der Waals surface area contributed by atoms with Crippen molar-refractivity contribution in [3.63, 3.8) is 0 Å². The third kappa shape index (κ3) is 5.78. The van der Waals surface area contributed by atoms with Gasteiger partial charge in [0.05, 0.1) is 12.2 Å². The van der Waals surface area contributed by atoms with E-state index in [0.29, 0.717) is 17.7 Å². The quantitative estimate of drug-likeness (QED) is 0.289. The number of halogens is 1. The lowest BCUT2D eigenvalue weighted by molar-refractivity contribution is -0.130. The van der Waals surface area contributed by atoms with Crippen molar-refractivity contribution in [2.24, 2.45) is 0 Å². The second-order valence-corrected chi connectivity index (χ2v) is 7.88. The van der Waals surface area contributed by atoms with E-state index in [4.69, 9.17) is 4.74 Å². The fraction of sp³-hybridized carbons (Fsp3) is 0.207. The average Bonchev–Trinajstić information content (AvgIpc) is 2.79. The molecule has 0 spiro atoms. The number of carboxylic acid groups (broad SMARTS) is 1. The largest absolute Gasteiger partial charge is 0.494 e. The van der Waals surface area contributed by atoms with Gasteiger partial charge in [-0.15, -0.1) is 0 Å². The van der Waals surface area contributed by atoms with Crippen LogP contribution in [0.25, 0.3) is 22.3 Å². The summed E-state index contributed by atoms with van der Waals surface area (Å²) in [5, 5.41) is 9.90. The van der Waals surface area contributed by atoms with Gasteiger partial charge >= 0.3 is 5.97 Å². The fourth-order valence-corrected chi connectivity index (χ4v) is 3.84. The Hall–Kier alpha value is -3.66. The Labute approximate surface area is 194 Å². The fourth-order valence-electron chi connectivity index (χ4n) is 3.84. The van der Waals surface area contributed by atoms with Crippen LogP contribution in [-0.2, 0) is 4.79 Å². The van der Waals surface area contributed by atoms with Gasteiger partial charge < -0.3 is 9.84 Å². The number of benzene rings is 3. The second kappa shape index (κ2) is 10.8. The van der Waals surface area contributed by atoms with Crippen molar-refractivity contribution in [3.05, 3.63) is 101 Å². The van der Waals surface area contributed by atoms with Gasteiger partial charge in [0, 0.05) is 0 Å². The van der Waals surface area contributed by atoms with Crippen LogP contribution in [0.4, 0.5) is 4.39 Å². The zero-order valence-corrected chi connectivity index (χ0v) is 19.5. The number of hydrogen-bond donors (Lipinski definition) is 1. The minimum absolute atomic E-state index is 0.0710. The number of allylic oxidation sites excluding steroid dienone is 3. The van der Waals surface area contributed by atoms with E-state index in [1.54, 1.807) is 19.1 Å². The maximum Gasteiger partial charge on any atom is 0.336 e. The summed E-state index contributed by atoms with van der Waals surface area (Å²) < 4.78 is 19.4. The molecule has 1 N–H and O–H groups in total. The van der Waals surface area contributed by atoms with E-state index in [-0.39, 0.29) is 5.57 Å². The molecule has 0 atom stereocenters. The molecule has 0 fully saturated rings. The van der Waals surface area contributed by atoms with Gasteiger partial charge in [0.15, 0.2) is 0 Å². The maximum absolute atomic E-state index is 13.9. The van der Waals surface area contributed by atoms with Crippen LogP contribution in [0.5, 0.6) is 5.75 Å². The molecule has 0 saturated carbocycles. The van der Waals surface area contributed by atoms with Crippen LogP contribution in [-0.4, -0.2) is 17.7 Å². The van der Waals surface area contributed by atoms with E-state index in [2.05, 4.69) is 6.07 Å². The van der Waals surface area contributed by atoms with Crippen LogP contribution in [0, 0.1) is 19.7 Å². The Bertz CT molecular complexity index is 1200. The van der Waals surface area contributed by atoms with Crippen molar-refractivity contribution in [1.29, 1.82) is 0 Å². The van der Waals surface area contributed by atoms with E-state index >= 15 is 0 Å². The summed E-state index contributed by atoms with van der Waals surface area (Å²) in [7, 11) is 0. The van der Waals surface area contributed by atoms with Crippen LogP contribution in [0.1, 0.15) is 42.5 Å². The van der Waals surface area contributed by atoms with E-state index in [1.165, 1.54) is 12.1 Å². The van der Waals surface area contributed by atoms with Crippen LogP contribution in [0.15, 0.2) is 72.8 Å². The Morgan fingerprint density at radius 1 is 0.909 bits per heavy atom. The molecule has 3 nitrogen and oxygen atoms in total. The van der Waals surface area contributed by atoms with Crippen molar-refractivity contribution < 1.29 is 19.0 Å². The highest BCUT2D eigenvalue weighted by Crippen LogP contribution is 2.31. The maximum atomic E-state index is 13.9. The standard InChI is InChI=1S/C29H29FO3/c1-5-7-23(17-28(29(31)32)27-18-24(30)12-8-19(27)3)26-15-11-22(16-20(26)4)21-9-13-25(14-10-21)33-6-2/h7-18H,5-6H2,1-4H3,(H,31,32)/b23-7-,28-17+. The van der Waals surface area contributed by atoms with Gasteiger partial charge in [-0.1, -0.05) is 49.4 Å². The monoisotopic (exact) mass is 444 g/mol. The number of aliphatic carboxylic acids is 1. The Balaban J connectivity index is 2.03. The minimum atomic E-state index is -1.09. The summed E-state index contributed by atoms with van der Waals surface area (Å²) in [6, 6.07) is 18.3. The predicted molar refractivity (Wildman–Crippen MR) is 133 cm³/mol. The predicted octanol–water partition coefficient (Wildman–Crippen LogP) is 7.47. The number of ether oxygens (including phenoxy) is 1. The number of hydrogen-bond acceptors (Lipinski definition) is 2. The smallest absolute Gasteiger partial charge is 0.336 e. The van der Waals surface area contributed by atoms with Gasteiger partial charge in [-0.05, 0) is 96.5 Å². The van der Waals surface area contributed by atoms with Gasteiger partial charge in [-0.2, -0.15) is 0 Å². The third-order valence-electron chi connectivity index (χ3n) is 5.48. The lowest BCUT2D eigenvalue weighted by Gasteiger charge is -2.13. The third-order valence-corrected chi connectivity index (χ3v) is 5.48. The molecule has 0 saturated heterocycles. The molecule has 0 unspecified atom stereocenters. The first-order chi connectivity index (χ1) is 15.8. The summed E-state index contributed by atoms with van der Waals surface area (Å²) in [5.41, 5.74) is 6.08. The molecule has 0 amide bonds. The summed E-state index contributed by atoms with van der Waals surface area (Å²) >= 11 is 0. The Morgan fingerprint density at radius 2 is 1.61 bits per heavy atom. The molecule has 0 bridgehead atoms. The highest BCUT2D eigenvalue weighted by atomic mass is 19.1. The summed E-state index contributed by atoms with van der Waals surface area (Å²) in [6.07, 6.45) is 4.38. The Kier molecular flexibility index (Phi) is 7.83. The van der Waals surface area contributed by atoms with Gasteiger partial charge in [-0.3, -0.25) is 0 Å². The molecule has 0 radical (unpaired) electrons. The second-order valence-electron chi connectivity index (χ2n) is 7.88. The van der Waals surface area contributed by atoms with Gasteiger partial charge in [0.25, 0.3) is 0 Å². The molecule has 0 aliphatic heterocycles. The first kappa shape index (κ1) is 24.0. The van der Waals surface area contributed by atoms with Crippen molar-refractivity contribution in [3.8, 4) is 16.9 Å². The molecule has 3 aromatic rings. The van der Waals surface area contributed by atoms with Gasteiger partial charge in [0.1, 0.15) is 11.6 Å². The zero-order chi connectivity index (χ0) is 24.0. The van der Waals surface area contributed by atoms with Crippen molar-refractivity contribution in [1.82, 2.24) is 0 Å². The lowest BCUT2D eigenvalue weighted by atomic mass is 9.92. The van der Waals surface area contributed by atoms with Gasteiger partial charge in [-0.25, -0.2) is 9.18 Å². The summed E-state index contributed by atoms with van der Waals surface area (Å²) in [6.45, 7) is 8.38. The van der Waals surface area contributed by atoms with E-state index < -0.39 is 11.8 Å². The number of carboxylic acids is 1. The highest BCUT2D eigenvalue weighted by molar-refractivity contribution is 6.18. The molecular weight excluding hydrogens is 415 g/mol. The molecule has 170 valence electrons. The molecular formula is C29H29FO3. The average molecular weight is 445 g/mol. The lowest BCUT2D eigenvalue weighted by Crippen LogP contribution is -2.03. The van der Waals surface area contributed by atoms with E-state index in [1.807, 2.05) is 63.2 Å². The van der Waals surface area contributed by atoms with Crippen LogP contribution in [0.2, 0.25) is 0 Å². The molecule has 0 aliphatic carbocycles. The molecule has 3 rings (SSSR count). The topological polar surface area (TPSA) is 46.5 Å². The number of aryl methyl sites for hydroxylation is 2. The van der Waals surface area contributed by atoms with Crippen molar-refractivity contribution in [2.45, 2.75) is 34.1 Å². The van der Waals surface area contributed by atoms with Gasteiger partial charge in [0.2, 0.25) is 0 Å².